The number of ketones is 1. The van der Waals surface area contributed by atoms with E-state index in [1.165, 1.54) is 13.8 Å². The van der Waals surface area contributed by atoms with Crippen molar-refractivity contribution < 1.29 is 29.0 Å². The topological polar surface area (TPSA) is 136 Å². The number of rotatable bonds is 5. The third-order valence-electron chi connectivity index (χ3n) is 2.95. The smallest absolute Gasteiger partial charge is 0.406 e. The summed E-state index contributed by atoms with van der Waals surface area (Å²) in [5.41, 5.74) is 4.56. The lowest BCUT2D eigenvalue weighted by Crippen LogP contribution is -2.30. The van der Waals surface area contributed by atoms with E-state index in [0.29, 0.717) is 6.42 Å². The Balaban J connectivity index is 0.000000472. The van der Waals surface area contributed by atoms with Gasteiger partial charge in [-0.05, 0) is 5.92 Å². The molecule has 0 aromatic rings. The number of hydrogen-bond acceptors (Lipinski definition) is 6. The zero-order valence-electron chi connectivity index (χ0n) is 13.3. The minimum Gasteiger partial charge on any atom is -0.418 e. The number of hydrogen-bond donors (Lipinski definition) is 3. The Labute approximate surface area is 129 Å². The van der Waals surface area contributed by atoms with Crippen molar-refractivity contribution in [2.75, 3.05) is 0 Å². The number of nitrogens with two attached hydrogens (primary N) is 1. The molecule has 126 valence electrons. The van der Waals surface area contributed by atoms with E-state index in [2.05, 4.69) is 15.8 Å². The SMILES string of the molecule is CC(C)(O)OC(N)=O.CCC(C)CC(=O)C1CC(=O)NC1=O. The van der Waals surface area contributed by atoms with Gasteiger partial charge in [0.25, 0.3) is 0 Å². The fourth-order valence-corrected chi connectivity index (χ4v) is 1.69. The third-order valence-corrected chi connectivity index (χ3v) is 2.95. The summed E-state index contributed by atoms with van der Waals surface area (Å²) in [5, 5.41) is 10.8. The van der Waals surface area contributed by atoms with E-state index in [-0.39, 0.29) is 24.0 Å². The second kappa shape index (κ2) is 8.47. The summed E-state index contributed by atoms with van der Waals surface area (Å²) in [7, 11) is 0. The predicted octanol–water partition coefficient (Wildman–Crippen LogP) is 0.465. The Hall–Kier alpha value is -1.96. The molecule has 0 aliphatic carbocycles. The van der Waals surface area contributed by atoms with Crippen molar-refractivity contribution >= 4 is 23.7 Å². The molecular weight excluding hydrogens is 292 g/mol. The van der Waals surface area contributed by atoms with E-state index < -0.39 is 23.7 Å². The fourth-order valence-electron chi connectivity index (χ4n) is 1.69. The predicted molar refractivity (Wildman–Crippen MR) is 77.3 cm³/mol. The van der Waals surface area contributed by atoms with Crippen LogP contribution in [0.25, 0.3) is 0 Å². The van der Waals surface area contributed by atoms with Crippen molar-refractivity contribution in [1.29, 1.82) is 0 Å². The largest absolute Gasteiger partial charge is 0.418 e. The maximum atomic E-state index is 11.6. The summed E-state index contributed by atoms with van der Waals surface area (Å²) in [5.74, 6) is -2.77. The Morgan fingerprint density at radius 2 is 2.00 bits per heavy atom. The molecule has 1 heterocycles. The summed E-state index contributed by atoms with van der Waals surface area (Å²) in [6, 6.07) is 0. The monoisotopic (exact) mass is 316 g/mol. The minimum atomic E-state index is -1.45. The Morgan fingerprint density at radius 1 is 1.45 bits per heavy atom. The number of primary amides is 1. The summed E-state index contributed by atoms with van der Waals surface area (Å²) in [6.07, 6.45) is 0.363. The van der Waals surface area contributed by atoms with Crippen molar-refractivity contribution in [1.82, 2.24) is 5.32 Å². The molecule has 22 heavy (non-hydrogen) atoms. The molecular formula is C14H24N2O6. The number of nitrogens with one attached hydrogen (secondary N) is 1. The van der Waals surface area contributed by atoms with Crippen LogP contribution in [0.3, 0.4) is 0 Å². The van der Waals surface area contributed by atoms with Gasteiger partial charge in [-0.15, -0.1) is 0 Å². The van der Waals surface area contributed by atoms with Crippen LogP contribution in [0.2, 0.25) is 0 Å². The van der Waals surface area contributed by atoms with Gasteiger partial charge in [-0.2, -0.15) is 0 Å². The average Bonchev–Trinajstić information content (AvgIpc) is 2.65. The first-order valence-electron chi connectivity index (χ1n) is 7.03. The van der Waals surface area contributed by atoms with E-state index in [1.54, 1.807) is 0 Å². The minimum absolute atomic E-state index is 0.0358. The first-order valence-corrected chi connectivity index (χ1v) is 7.03. The molecule has 0 bridgehead atoms. The van der Waals surface area contributed by atoms with Gasteiger partial charge in [0.05, 0.1) is 0 Å². The molecule has 8 nitrogen and oxygen atoms in total. The molecule has 8 heteroatoms. The van der Waals surface area contributed by atoms with Crippen LogP contribution in [-0.2, 0) is 19.1 Å². The van der Waals surface area contributed by atoms with Crippen LogP contribution in [0.5, 0.6) is 0 Å². The molecule has 2 atom stereocenters. The van der Waals surface area contributed by atoms with Crippen molar-refractivity contribution in [2.45, 2.75) is 52.7 Å². The van der Waals surface area contributed by atoms with Crippen LogP contribution in [-0.4, -0.2) is 34.6 Å². The summed E-state index contributed by atoms with van der Waals surface area (Å²) in [4.78, 5) is 43.4. The normalized spacial score (nSPS) is 18.9. The molecule has 1 rings (SSSR count). The zero-order valence-corrected chi connectivity index (χ0v) is 13.3. The highest BCUT2D eigenvalue weighted by molar-refractivity contribution is 6.14. The quantitative estimate of drug-likeness (QED) is 0.383. The zero-order chi connectivity index (χ0) is 17.5. The van der Waals surface area contributed by atoms with Crippen LogP contribution in [0.1, 0.15) is 47.0 Å². The molecule has 2 unspecified atom stereocenters. The van der Waals surface area contributed by atoms with E-state index in [0.717, 1.165) is 6.42 Å². The van der Waals surface area contributed by atoms with Gasteiger partial charge in [0, 0.05) is 26.7 Å². The maximum absolute atomic E-state index is 11.6. The molecule has 0 aromatic heterocycles. The lowest BCUT2D eigenvalue weighted by molar-refractivity contribution is -0.132. The molecule has 1 fully saturated rings. The second-order valence-electron chi connectivity index (χ2n) is 5.72. The second-order valence-corrected chi connectivity index (χ2v) is 5.72. The highest BCUT2D eigenvalue weighted by atomic mass is 16.7. The van der Waals surface area contributed by atoms with Gasteiger partial charge in [-0.25, -0.2) is 4.79 Å². The number of carbonyl (C=O) groups is 4. The van der Waals surface area contributed by atoms with Crippen molar-refractivity contribution in [3.8, 4) is 0 Å². The van der Waals surface area contributed by atoms with E-state index in [4.69, 9.17) is 5.11 Å². The maximum Gasteiger partial charge on any atom is 0.406 e. The van der Waals surface area contributed by atoms with E-state index in [1.807, 2.05) is 13.8 Å². The molecule has 1 aliphatic rings. The number of carbonyl (C=O) groups excluding carboxylic acids is 4. The summed E-state index contributed by atoms with van der Waals surface area (Å²) < 4.78 is 4.13. The Morgan fingerprint density at radius 3 is 2.27 bits per heavy atom. The van der Waals surface area contributed by atoms with Gasteiger partial charge >= 0.3 is 6.09 Å². The number of aliphatic hydroxyl groups is 1. The van der Waals surface area contributed by atoms with Gasteiger partial charge in [-0.1, -0.05) is 20.3 Å². The number of amides is 3. The van der Waals surface area contributed by atoms with Crippen LogP contribution in [0.4, 0.5) is 4.79 Å². The summed E-state index contributed by atoms with van der Waals surface area (Å²) >= 11 is 0. The average molecular weight is 316 g/mol. The number of Topliss-reactive ketones (excluding diaryl/α,β-unsaturated/α-hetero) is 1. The van der Waals surface area contributed by atoms with Crippen LogP contribution in [0.15, 0.2) is 0 Å². The molecule has 3 amide bonds. The highest BCUT2D eigenvalue weighted by Crippen LogP contribution is 2.17. The molecule has 1 aliphatic heterocycles. The van der Waals surface area contributed by atoms with Crippen molar-refractivity contribution in [3.63, 3.8) is 0 Å². The number of ether oxygens (including phenoxy) is 1. The molecule has 0 radical (unpaired) electrons. The molecule has 0 spiro atoms. The Kier molecular flexibility index (Phi) is 7.72. The van der Waals surface area contributed by atoms with E-state index in [9.17, 15) is 19.2 Å². The standard InChI is InChI=1S/C10H15NO3.C4H9NO3/c1-3-6(2)4-8(12)7-5-9(13)11-10(7)14;1-4(2,7)8-3(5)6/h6-7H,3-5H2,1-2H3,(H,11,13,14);7H,1-2H3,(H2,5,6). The molecule has 0 aromatic carbocycles. The Bertz CT molecular complexity index is 441. The van der Waals surface area contributed by atoms with Crippen LogP contribution < -0.4 is 11.1 Å². The fraction of sp³-hybridized carbons (Fsp3) is 0.714. The van der Waals surface area contributed by atoms with Crippen molar-refractivity contribution in [3.05, 3.63) is 0 Å². The lowest BCUT2D eigenvalue weighted by Gasteiger charge is -2.15. The van der Waals surface area contributed by atoms with Gasteiger partial charge < -0.3 is 15.6 Å². The lowest BCUT2D eigenvalue weighted by atomic mass is 9.93. The van der Waals surface area contributed by atoms with Gasteiger partial charge in [-0.3, -0.25) is 19.7 Å². The first kappa shape index (κ1) is 20.0. The van der Waals surface area contributed by atoms with Crippen LogP contribution >= 0.6 is 0 Å². The molecule has 0 saturated carbocycles. The first-order chi connectivity index (χ1) is 9.96. The van der Waals surface area contributed by atoms with E-state index >= 15 is 0 Å². The molecule has 4 N–H and O–H groups in total. The van der Waals surface area contributed by atoms with Gasteiger partial charge in [0.15, 0.2) is 0 Å². The van der Waals surface area contributed by atoms with Crippen molar-refractivity contribution in [2.24, 2.45) is 17.6 Å². The van der Waals surface area contributed by atoms with Gasteiger partial charge in [0.2, 0.25) is 17.6 Å². The number of imide groups is 1. The van der Waals surface area contributed by atoms with Crippen LogP contribution in [0, 0.1) is 11.8 Å². The highest BCUT2D eigenvalue weighted by Gasteiger charge is 2.35. The third kappa shape index (κ3) is 8.35. The summed E-state index contributed by atoms with van der Waals surface area (Å²) in [6.45, 7) is 6.60. The molecule has 1 saturated heterocycles. The van der Waals surface area contributed by atoms with Gasteiger partial charge in [0.1, 0.15) is 11.7 Å².